The van der Waals surface area contributed by atoms with Gasteiger partial charge in [-0.15, -0.1) is 0 Å². The predicted octanol–water partition coefficient (Wildman–Crippen LogP) is 3.36. The van der Waals surface area contributed by atoms with Crippen LogP contribution in [0.15, 0.2) is 61.2 Å². The zero-order valence-corrected chi connectivity index (χ0v) is 16.1. The summed E-state index contributed by atoms with van der Waals surface area (Å²) < 4.78 is 13.2. The Labute approximate surface area is 164 Å². The Morgan fingerprint density at radius 2 is 1.93 bits per heavy atom. The van der Waals surface area contributed by atoms with E-state index in [4.69, 9.17) is 14.5 Å². The van der Waals surface area contributed by atoms with Crippen molar-refractivity contribution >= 4 is 16.9 Å². The molecule has 1 aromatic heterocycles. The van der Waals surface area contributed by atoms with Crippen LogP contribution < -0.4 is 14.8 Å². The van der Waals surface area contributed by atoms with Crippen molar-refractivity contribution in [2.45, 2.75) is 19.4 Å². The van der Waals surface area contributed by atoms with E-state index in [1.54, 1.807) is 7.11 Å². The van der Waals surface area contributed by atoms with Gasteiger partial charge in [0.2, 0.25) is 5.91 Å². The number of aromatic nitrogens is 2. The molecule has 0 fully saturated rings. The number of hydrogen-bond acceptors (Lipinski definition) is 4. The number of hydrogen-bond donors (Lipinski definition) is 1. The number of para-hydroxylation sites is 2. The number of nitrogens with zero attached hydrogens (tertiary/aromatic N) is 2. The first-order chi connectivity index (χ1) is 13.7. The van der Waals surface area contributed by atoms with E-state index in [-0.39, 0.29) is 5.91 Å². The molecule has 0 aliphatic carbocycles. The summed E-state index contributed by atoms with van der Waals surface area (Å²) >= 11 is 0. The number of aryl methyl sites for hydroxylation is 1. The third-order valence-corrected chi connectivity index (χ3v) is 4.44. The molecular weight excluding hydrogens is 354 g/mol. The van der Waals surface area contributed by atoms with E-state index in [0.29, 0.717) is 19.7 Å². The van der Waals surface area contributed by atoms with Crippen LogP contribution in [0, 0.1) is 0 Å². The molecule has 0 spiro atoms. The summed E-state index contributed by atoms with van der Waals surface area (Å²) in [6, 6.07) is 15.6. The van der Waals surface area contributed by atoms with Gasteiger partial charge in [-0.05, 0) is 48.9 Å². The Morgan fingerprint density at radius 1 is 1.18 bits per heavy atom. The third kappa shape index (κ3) is 4.91. The highest BCUT2D eigenvalue weighted by molar-refractivity contribution is 5.86. The molecule has 3 aromatic rings. The molecule has 6 heteroatoms. The number of rotatable bonds is 10. The van der Waals surface area contributed by atoms with E-state index in [1.807, 2.05) is 42.5 Å². The molecule has 1 amide bonds. The minimum Gasteiger partial charge on any atom is -0.497 e. The minimum absolute atomic E-state index is 0.151. The smallest absolute Gasteiger partial charge is 0.243 e. The Kier molecular flexibility index (Phi) is 6.68. The summed E-state index contributed by atoms with van der Waals surface area (Å²) in [7, 11) is 1.64. The molecule has 0 saturated heterocycles. The number of fused-ring (bicyclic) bond motifs is 1. The van der Waals surface area contributed by atoms with E-state index >= 15 is 0 Å². The second-order valence-corrected chi connectivity index (χ2v) is 6.29. The van der Waals surface area contributed by atoms with Crippen LogP contribution in [0.4, 0.5) is 0 Å². The number of carbonyl (C=O) groups excluding carboxylic acids is 1. The molecule has 146 valence electrons. The highest BCUT2D eigenvalue weighted by Gasteiger charge is 2.10. The average molecular weight is 379 g/mol. The quantitative estimate of drug-likeness (QED) is 0.433. The summed E-state index contributed by atoms with van der Waals surface area (Å²) in [5, 5.41) is 2.80. The maximum atomic E-state index is 11.3. The lowest BCUT2D eigenvalue weighted by atomic mass is 10.3. The van der Waals surface area contributed by atoms with Crippen molar-refractivity contribution in [2.24, 2.45) is 0 Å². The Morgan fingerprint density at radius 3 is 2.68 bits per heavy atom. The molecule has 2 aromatic carbocycles. The molecule has 1 N–H and O–H groups in total. The van der Waals surface area contributed by atoms with E-state index in [9.17, 15) is 4.79 Å². The van der Waals surface area contributed by atoms with Crippen molar-refractivity contribution in [1.29, 1.82) is 0 Å². The topological polar surface area (TPSA) is 65.4 Å². The molecule has 0 aliphatic heterocycles. The van der Waals surface area contributed by atoms with E-state index in [2.05, 4.69) is 22.5 Å². The number of ether oxygens (including phenoxy) is 2. The largest absolute Gasteiger partial charge is 0.497 e. The van der Waals surface area contributed by atoms with Crippen LogP contribution in [0.25, 0.3) is 11.0 Å². The first kappa shape index (κ1) is 19.5. The molecule has 3 rings (SSSR count). The predicted molar refractivity (Wildman–Crippen MR) is 110 cm³/mol. The summed E-state index contributed by atoms with van der Waals surface area (Å²) in [6.45, 7) is 5.28. The summed E-state index contributed by atoms with van der Waals surface area (Å²) in [4.78, 5) is 16.0. The van der Waals surface area contributed by atoms with Crippen molar-refractivity contribution in [1.82, 2.24) is 14.9 Å². The van der Waals surface area contributed by atoms with Gasteiger partial charge in [0.05, 0.1) is 24.7 Å². The molecule has 1 heterocycles. The van der Waals surface area contributed by atoms with Gasteiger partial charge in [-0.2, -0.15) is 0 Å². The van der Waals surface area contributed by atoms with Gasteiger partial charge in [-0.1, -0.05) is 18.7 Å². The number of carbonyl (C=O) groups is 1. The normalized spacial score (nSPS) is 10.6. The lowest BCUT2D eigenvalue weighted by molar-refractivity contribution is -0.116. The number of nitrogens with one attached hydrogen (secondary N) is 1. The highest BCUT2D eigenvalue weighted by atomic mass is 16.5. The lowest BCUT2D eigenvalue weighted by Crippen LogP contribution is -2.22. The Balaban J connectivity index is 1.64. The van der Waals surface area contributed by atoms with Crippen LogP contribution in [-0.4, -0.2) is 35.7 Å². The van der Waals surface area contributed by atoms with Crippen molar-refractivity contribution in [3.63, 3.8) is 0 Å². The van der Waals surface area contributed by atoms with E-state index in [1.165, 1.54) is 6.08 Å². The fourth-order valence-corrected chi connectivity index (χ4v) is 3.02. The maximum absolute atomic E-state index is 11.3. The Hall–Kier alpha value is -3.28. The third-order valence-electron chi connectivity index (χ3n) is 4.44. The first-order valence-corrected chi connectivity index (χ1v) is 9.32. The van der Waals surface area contributed by atoms with Gasteiger partial charge in [0.15, 0.2) is 0 Å². The highest BCUT2D eigenvalue weighted by Crippen LogP contribution is 2.19. The van der Waals surface area contributed by atoms with Crippen LogP contribution >= 0.6 is 0 Å². The SMILES string of the molecule is C=CC(=O)NCCCc1nc2ccccc2n1CCOc1ccc(OC)cc1. The van der Waals surface area contributed by atoms with Crippen LogP contribution in [0.2, 0.25) is 0 Å². The van der Waals surface area contributed by atoms with E-state index < -0.39 is 0 Å². The van der Waals surface area contributed by atoms with Crippen LogP contribution in [0.3, 0.4) is 0 Å². The van der Waals surface area contributed by atoms with E-state index in [0.717, 1.165) is 41.2 Å². The van der Waals surface area contributed by atoms with Crippen LogP contribution in [0.1, 0.15) is 12.2 Å². The van der Waals surface area contributed by atoms with Crippen LogP contribution in [0.5, 0.6) is 11.5 Å². The van der Waals surface area contributed by atoms with Gasteiger partial charge >= 0.3 is 0 Å². The van der Waals surface area contributed by atoms with Gasteiger partial charge in [0.25, 0.3) is 0 Å². The summed E-state index contributed by atoms with van der Waals surface area (Å²) in [5.41, 5.74) is 2.06. The summed E-state index contributed by atoms with van der Waals surface area (Å²) in [6.07, 6.45) is 2.86. The van der Waals surface area contributed by atoms with Crippen LogP contribution in [-0.2, 0) is 17.8 Å². The molecular formula is C22H25N3O3. The molecule has 0 bridgehead atoms. The molecule has 0 saturated carbocycles. The average Bonchev–Trinajstić information content (AvgIpc) is 3.09. The van der Waals surface area contributed by atoms with Crippen molar-refractivity contribution in [2.75, 3.05) is 20.3 Å². The lowest BCUT2D eigenvalue weighted by Gasteiger charge is -2.11. The molecule has 0 radical (unpaired) electrons. The van der Waals surface area contributed by atoms with Crippen molar-refractivity contribution in [3.8, 4) is 11.5 Å². The molecule has 0 unspecified atom stereocenters. The number of imidazole rings is 1. The maximum Gasteiger partial charge on any atom is 0.243 e. The number of amides is 1. The van der Waals surface area contributed by atoms with Crippen molar-refractivity contribution in [3.05, 3.63) is 67.0 Å². The fraction of sp³-hybridized carbons (Fsp3) is 0.273. The number of methoxy groups -OCH3 is 1. The summed E-state index contributed by atoms with van der Waals surface area (Å²) in [5.74, 6) is 2.45. The van der Waals surface area contributed by atoms with Gasteiger partial charge in [0.1, 0.15) is 23.9 Å². The number of benzene rings is 2. The fourth-order valence-electron chi connectivity index (χ4n) is 3.02. The molecule has 28 heavy (non-hydrogen) atoms. The molecule has 0 aliphatic rings. The van der Waals surface area contributed by atoms with Gasteiger partial charge < -0.3 is 19.4 Å². The molecule has 0 atom stereocenters. The standard InChI is InChI=1S/C22H25N3O3/c1-3-22(26)23-14-6-9-21-24-19-7-4-5-8-20(19)25(21)15-16-28-18-12-10-17(27-2)11-13-18/h3-5,7-8,10-13H,1,6,9,14-16H2,2H3,(H,23,26). The molecule has 6 nitrogen and oxygen atoms in total. The zero-order chi connectivity index (χ0) is 19.8. The second kappa shape index (κ2) is 9.60. The van der Waals surface area contributed by atoms with Gasteiger partial charge in [-0.3, -0.25) is 4.79 Å². The monoisotopic (exact) mass is 379 g/mol. The first-order valence-electron chi connectivity index (χ1n) is 9.32. The van der Waals surface area contributed by atoms with Crippen molar-refractivity contribution < 1.29 is 14.3 Å². The van der Waals surface area contributed by atoms with Gasteiger partial charge in [-0.25, -0.2) is 4.98 Å². The Bertz CT molecular complexity index is 932. The van der Waals surface area contributed by atoms with Gasteiger partial charge in [0, 0.05) is 13.0 Å². The second-order valence-electron chi connectivity index (χ2n) is 6.29. The minimum atomic E-state index is -0.151. The zero-order valence-electron chi connectivity index (χ0n) is 16.1.